The minimum absolute atomic E-state index is 0.0182. The summed E-state index contributed by atoms with van der Waals surface area (Å²) in [6.45, 7) is 7.21. The van der Waals surface area contributed by atoms with Gasteiger partial charge in [-0.2, -0.15) is 0 Å². The van der Waals surface area contributed by atoms with Crippen molar-refractivity contribution >= 4 is 34.8 Å². The minimum atomic E-state index is -0.606. The lowest BCUT2D eigenvalue weighted by atomic mass is 9.97. The Kier molecular flexibility index (Phi) is 15.8. The first kappa shape index (κ1) is 37.2. The molecular weight excluding hydrogens is 560 g/mol. The molecule has 0 heterocycles. The van der Waals surface area contributed by atoms with E-state index in [0.29, 0.717) is 11.1 Å². The average molecular weight is 605 g/mol. The molecule has 10 heteroatoms. The SMILES string of the molecule is CC(/C=C/C(=O)NO)=C\[C@@H](C)C(=O)c1ccc(N(C)C)cc1.CC(/C=C/C(=O)NO)=C\[C@@H](C)C(=O)c1ccc(N(C)C)cc1. The maximum atomic E-state index is 12.4. The van der Waals surface area contributed by atoms with Crippen LogP contribution in [-0.4, -0.2) is 62.0 Å². The molecule has 2 amide bonds. The van der Waals surface area contributed by atoms with Gasteiger partial charge in [-0.25, -0.2) is 11.0 Å². The molecule has 0 saturated heterocycles. The van der Waals surface area contributed by atoms with E-state index in [1.54, 1.807) is 38.2 Å². The summed E-state index contributed by atoms with van der Waals surface area (Å²) in [5.74, 6) is -1.77. The van der Waals surface area contributed by atoms with Crippen molar-refractivity contribution in [2.45, 2.75) is 27.7 Å². The highest BCUT2D eigenvalue weighted by atomic mass is 16.5. The van der Waals surface area contributed by atoms with Gasteiger partial charge in [0.05, 0.1) is 0 Å². The number of rotatable bonds is 12. The number of amides is 2. The van der Waals surface area contributed by atoms with Gasteiger partial charge in [0.2, 0.25) is 0 Å². The number of carbonyl (C=O) groups excluding carboxylic acids is 4. The molecule has 0 aliphatic heterocycles. The van der Waals surface area contributed by atoms with Crippen LogP contribution in [0.3, 0.4) is 0 Å². The predicted octanol–water partition coefficient (Wildman–Crippen LogP) is 5.16. The summed E-state index contributed by atoms with van der Waals surface area (Å²) in [5.41, 5.74) is 7.95. The first-order valence-electron chi connectivity index (χ1n) is 13.9. The molecule has 2 aromatic carbocycles. The van der Waals surface area contributed by atoms with Crippen molar-refractivity contribution in [2.24, 2.45) is 11.8 Å². The molecule has 0 saturated carbocycles. The second-order valence-electron chi connectivity index (χ2n) is 10.6. The van der Waals surface area contributed by atoms with Crippen LogP contribution in [0.1, 0.15) is 48.4 Å². The topological polar surface area (TPSA) is 139 Å². The summed E-state index contributed by atoms with van der Waals surface area (Å²) in [5, 5.41) is 16.8. The minimum Gasteiger partial charge on any atom is -0.378 e. The number of anilines is 2. The quantitative estimate of drug-likeness (QED) is 0.0857. The van der Waals surface area contributed by atoms with Crippen molar-refractivity contribution < 1.29 is 29.6 Å². The van der Waals surface area contributed by atoms with Crippen LogP contribution in [0.2, 0.25) is 0 Å². The Bertz CT molecular complexity index is 1280. The lowest BCUT2D eigenvalue weighted by Crippen LogP contribution is -2.15. The summed E-state index contributed by atoms with van der Waals surface area (Å²) in [4.78, 5) is 50.4. The third kappa shape index (κ3) is 13.0. The second kappa shape index (κ2) is 18.7. The van der Waals surface area contributed by atoms with Crippen LogP contribution in [0, 0.1) is 11.8 Å². The van der Waals surface area contributed by atoms with Crippen LogP contribution in [0.25, 0.3) is 0 Å². The molecule has 0 aliphatic rings. The van der Waals surface area contributed by atoms with E-state index in [2.05, 4.69) is 0 Å². The maximum absolute atomic E-state index is 12.4. The van der Waals surface area contributed by atoms with Crippen LogP contribution in [-0.2, 0) is 9.59 Å². The predicted molar refractivity (Wildman–Crippen MR) is 174 cm³/mol. The summed E-state index contributed by atoms with van der Waals surface area (Å²) in [6.07, 6.45) is 9.06. The first-order valence-corrected chi connectivity index (χ1v) is 13.9. The van der Waals surface area contributed by atoms with Gasteiger partial charge in [-0.05, 0) is 62.4 Å². The van der Waals surface area contributed by atoms with Crippen molar-refractivity contribution in [1.29, 1.82) is 0 Å². The van der Waals surface area contributed by atoms with Gasteiger partial charge in [0.25, 0.3) is 11.8 Å². The fraction of sp³-hybridized carbons (Fsp3) is 0.294. The zero-order valence-electron chi connectivity index (χ0n) is 26.7. The monoisotopic (exact) mass is 604 g/mol. The molecule has 0 unspecified atom stereocenters. The number of Topliss-reactive ketones (excluding diaryl/α,β-unsaturated/α-hetero) is 2. The van der Waals surface area contributed by atoms with Crippen molar-refractivity contribution in [3.05, 3.63) is 107 Å². The summed E-state index contributed by atoms with van der Waals surface area (Å²) < 4.78 is 0. The normalized spacial score (nSPS) is 13.0. The molecule has 2 rings (SSSR count). The molecule has 236 valence electrons. The summed E-state index contributed by atoms with van der Waals surface area (Å²) >= 11 is 0. The molecule has 0 aliphatic carbocycles. The number of allylic oxidation sites excluding steroid dienone is 6. The highest BCUT2D eigenvalue weighted by Gasteiger charge is 2.14. The van der Waals surface area contributed by atoms with E-state index in [-0.39, 0.29) is 23.4 Å². The van der Waals surface area contributed by atoms with Gasteiger partial charge in [-0.1, -0.05) is 49.3 Å². The Morgan fingerprint density at radius 2 is 0.886 bits per heavy atom. The Morgan fingerprint density at radius 1 is 0.591 bits per heavy atom. The number of hydroxylamine groups is 2. The highest BCUT2D eigenvalue weighted by molar-refractivity contribution is 5.99. The van der Waals surface area contributed by atoms with Crippen molar-refractivity contribution in [3.8, 4) is 0 Å². The van der Waals surface area contributed by atoms with Crippen molar-refractivity contribution in [2.75, 3.05) is 38.0 Å². The van der Waals surface area contributed by atoms with E-state index >= 15 is 0 Å². The Hall–Kier alpha value is -4.80. The van der Waals surface area contributed by atoms with Gasteiger partial charge in [-0.15, -0.1) is 0 Å². The Morgan fingerprint density at radius 3 is 1.14 bits per heavy atom. The molecule has 2 aromatic rings. The number of benzene rings is 2. The number of hydrogen-bond donors (Lipinski definition) is 4. The fourth-order valence-corrected chi connectivity index (χ4v) is 3.91. The molecule has 0 aromatic heterocycles. The second-order valence-corrected chi connectivity index (χ2v) is 10.6. The molecule has 4 N–H and O–H groups in total. The number of nitrogens with zero attached hydrogens (tertiary/aromatic N) is 2. The molecule has 0 bridgehead atoms. The van der Waals surface area contributed by atoms with Gasteiger partial charge in [0, 0.05) is 74.7 Å². The fourth-order valence-electron chi connectivity index (χ4n) is 3.91. The van der Waals surface area contributed by atoms with E-state index in [9.17, 15) is 19.2 Å². The highest BCUT2D eigenvalue weighted by Crippen LogP contribution is 2.18. The smallest absolute Gasteiger partial charge is 0.267 e. The van der Waals surface area contributed by atoms with Gasteiger partial charge in [0.15, 0.2) is 11.6 Å². The molecule has 2 atom stereocenters. The molecule has 10 nitrogen and oxygen atoms in total. The number of hydrogen-bond acceptors (Lipinski definition) is 8. The third-order valence-electron chi connectivity index (χ3n) is 6.40. The molecule has 0 fully saturated rings. The third-order valence-corrected chi connectivity index (χ3v) is 6.40. The lowest BCUT2D eigenvalue weighted by Gasteiger charge is -2.13. The lowest BCUT2D eigenvalue weighted by molar-refractivity contribution is -0.124. The van der Waals surface area contributed by atoms with E-state index in [1.807, 2.05) is 100 Å². The largest absolute Gasteiger partial charge is 0.378 e. The van der Waals surface area contributed by atoms with Gasteiger partial charge >= 0.3 is 0 Å². The first-order chi connectivity index (χ1) is 20.7. The van der Waals surface area contributed by atoms with Crippen LogP contribution < -0.4 is 20.8 Å². The van der Waals surface area contributed by atoms with E-state index in [0.717, 1.165) is 22.5 Å². The maximum Gasteiger partial charge on any atom is 0.267 e. The number of ketones is 2. The standard InChI is InChI=1S/2C17H22N2O3/c2*1-12(5-10-16(20)18-22)11-13(2)17(21)14-6-8-15(9-7-14)19(3)4/h2*5-11,13,22H,1-4H3,(H,18,20)/b2*10-5+,12-11+/t2*13-/m11/s1. The van der Waals surface area contributed by atoms with Crippen molar-refractivity contribution in [1.82, 2.24) is 11.0 Å². The molecule has 0 spiro atoms. The molecular formula is C34H44N4O6. The van der Waals surface area contributed by atoms with Gasteiger partial charge < -0.3 is 9.80 Å². The van der Waals surface area contributed by atoms with Crippen LogP contribution in [0.4, 0.5) is 11.4 Å². The zero-order chi connectivity index (χ0) is 33.4. The van der Waals surface area contributed by atoms with Crippen LogP contribution in [0.15, 0.2) is 96.1 Å². The molecule has 44 heavy (non-hydrogen) atoms. The summed E-state index contributed by atoms with van der Waals surface area (Å²) in [7, 11) is 7.78. The van der Waals surface area contributed by atoms with E-state index in [4.69, 9.17) is 10.4 Å². The Balaban J connectivity index is 0.000000440. The van der Waals surface area contributed by atoms with E-state index < -0.39 is 11.8 Å². The molecule has 0 radical (unpaired) electrons. The van der Waals surface area contributed by atoms with Crippen LogP contribution >= 0.6 is 0 Å². The van der Waals surface area contributed by atoms with Crippen LogP contribution in [0.5, 0.6) is 0 Å². The Labute approximate surface area is 260 Å². The van der Waals surface area contributed by atoms with E-state index in [1.165, 1.54) is 23.1 Å². The summed E-state index contributed by atoms with van der Waals surface area (Å²) in [6, 6.07) is 14.9. The average Bonchev–Trinajstić information content (AvgIpc) is 3.01. The van der Waals surface area contributed by atoms with Gasteiger partial charge in [-0.3, -0.25) is 29.6 Å². The van der Waals surface area contributed by atoms with Gasteiger partial charge in [0.1, 0.15) is 0 Å². The number of nitrogens with one attached hydrogen (secondary N) is 2. The number of carbonyl (C=O) groups is 4. The van der Waals surface area contributed by atoms with Crippen molar-refractivity contribution in [3.63, 3.8) is 0 Å². The zero-order valence-corrected chi connectivity index (χ0v) is 26.7.